The Bertz CT molecular complexity index is 93.1. The van der Waals surface area contributed by atoms with Gasteiger partial charge in [-0.05, 0) is 14.0 Å². The summed E-state index contributed by atoms with van der Waals surface area (Å²) in [5.41, 5.74) is 0. The van der Waals surface area contributed by atoms with Crippen molar-refractivity contribution < 1.29 is 9.90 Å². The summed E-state index contributed by atoms with van der Waals surface area (Å²) < 4.78 is 0. The molecule has 0 saturated carbocycles. The van der Waals surface area contributed by atoms with Crippen LogP contribution in [0.15, 0.2) is 0 Å². The van der Waals surface area contributed by atoms with Gasteiger partial charge in [0.25, 0.3) is 0 Å². The molecule has 0 bridgehead atoms. The van der Waals surface area contributed by atoms with E-state index in [0.717, 1.165) is 0 Å². The molecule has 0 spiro atoms. The van der Waals surface area contributed by atoms with Crippen molar-refractivity contribution in [1.29, 1.82) is 0 Å². The van der Waals surface area contributed by atoms with Gasteiger partial charge >= 0.3 is 0 Å². The molecule has 0 aromatic rings. The van der Waals surface area contributed by atoms with Crippen LogP contribution in [0.25, 0.3) is 0 Å². The van der Waals surface area contributed by atoms with Gasteiger partial charge in [0.1, 0.15) is 5.78 Å². The second-order valence-corrected chi connectivity index (χ2v) is 2.16. The number of hydrogen-bond donors (Lipinski definition) is 1. The molecule has 0 heterocycles. The molecule has 0 unspecified atom stereocenters. The van der Waals surface area contributed by atoms with Crippen LogP contribution in [-0.2, 0) is 4.79 Å². The summed E-state index contributed by atoms with van der Waals surface area (Å²) >= 11 is 0. The third-order valence-corrected chi connectivity index (χ3v) is 0.974. The van der Waals surface area contributed by atoms with E-state index in [9.17, 15) is 4.79 Å². The zero-order valence-corrected chi connectivity index (χ0v) is 5.92. The van der Waals surface area contributed by atoms with Gasteiger partial charge in [-0.2, -0.15) is 0 Å². The highest BCUT2D eigenvalue weighted by Gasteiger charge is 1.98. The molecule has 3 heteroatoms. The van der Waals surface area contributed by atoms with Crippen LogP contribution in [0, 0.1) is 0 Å². The van der Waals surface area contributed by atoms with Gasteiger partial charge in [-0.1, -0.05) is 0 Å². The summed E-state index contributed by atoms with van der Waals surface area (Å²) in [5, 5.41) is 8.40. The summed E-state index contributed by atoms with van der Waals surface area (Å²) in [6.45, 7) is 2.65. The van der Waals surface area contributed by atoms with E-state index in [2.05, 4.69) is 0 Å². The van der Waals surface area contributed by atoms with E-state index >= 15 is 0 Å². The summed E-state index contributed by atoms with van der Waals surface area (Å²) in [4.78, 5) is 12.2. The number of ketones is 1. The Morgan fingerprint density at radius 2 is 2.22 bits per heavy atom. The van der Waals surface area contributed by atoms with Crippen LogP contribution in [0.1, 0.15) is 6.92 Å². The number of likely N-dealkylation sites (N-methyl/N-ethyl adjacent to an activating group) is 1. The smallest absolute Gasteiger partial charge is 0.143 e. The number of aliphatic hydroxyl groups is 1. The fourth-order valence-electron chi connectivity index (χ4n) is 0.630. The number of nitrogens with zero attached hydrogens (tertiary/aromatic N) is 1. The van der Waals surface area contributed by atoms with Crippen LogP contribution in [0.3, 0.4) is 0 Å². The number of carbonyl (C=O) groups excluding carboxylic acids is 1. The van der Waals surface area contributed by atoms with Crippen LogP contribution in [0.4, 0.5) is 0 Å². The highest BCUT2D eigenvalue weighted by Crippen LogP contribution is 1.80. The van der Waals surface area contributed by atoms with Gasteiger partial charge in [-0.25, -0.2) is 0 Å². The van der Waals surface area contributed by atoms with Gasteiger partial charge in [0.05, 0.1) is 13.2 Å². The van der Waals surface area contributed by atoms with Gasteiger partial charge in [-0.15, -0.1) is 0 Å². The van der Waals surface area contributed by atoms with E-state index < -0.39 is 0 Å². The van der Waals surface area contributed by atoms with Crippen LogP contribution >= 0.6 is 0 Å². The first-order chi connectivity index (χ1) is 4.16. The Kier molecular flexibility index (Phi) is 4.26. The first kappa shape index (κ1) is 8.59. The summed E-state index contributed by atoms with van der Waals surface area (Å²) in [6, 6.07) is 0. The minimum Gasteiger partial charge on any atom is -0.395 e. The zero-order chi connectivity index (χ0) is 7.28. The highest BCUT2D eigenvalue weighted by molar-refractivity contribution is 5.77. The second kappa shape index (κ2) is 4.47. The topological polar surface area (TPSA) is 40.5 Å². The normalized spacial score (nSPS) is 10.2. The molecule has 0 aliphatic carbocycles. The van der Waals surface area contributed by atoms with Crippen molar-refractivity contribution in [2.75, 3.05) is 26.7 Å². The van der Waals surface area contributed by atoms with Crippen molar-refractivity contribution in [2.45, 2.75) is 6.92 Å². The maximum atomic E-state index is 10.4. The Labute approximate surface area is 55.3 Å². The van der Waals surface area contributed by atoms with Crippen molar-refractivity contribution in [3.05, 3.63) is 0 Å². The Morgan fingerprint density at radius 3 is 2.56 bits per heavy atom. The largest absolute Gasteiger partial charge is 0.395 e. The Balaban J connectivity index is 3.26. The molecule has 0 radical (unpaired) electrons. The summed E-state index contributed by atoms with van der Waals surface area (Å²) in [7, 11) is 1.80. The first-order valence-corrected chi connectivity index (χ1v) is 2.95. The predicted molar refractivity (Wildman–Crippen MR) is 35.3 cm³/mol. The van der Waals surface area contributed by atoms with Gasteiger partial charge in [0, 0.05) is 6.54 Å². The maximum Gasteiger partial charge on any atom is 0.143 e. The van der Waals surface area contributed by atoms with Gasteiger partial charge in [0.15, 0.2) is 0 Å². The molecule has 0 rings (SSSR count). The fourth-order valence-corrected chi connectivity index (χ4v) is 0.630. The lowest BCUT2D eigenvalue weighted by molar-refractivity contribution is -0.117. The van der Waals surface area contributed by atoms with Crippen LogP contribution in [-0.4, -0.2) is 42.5 Å². The maximum absolute atomic E-state index is 10.4. The lowest BCUT2D eigenvalue weighted by atomic mass is 10.4. The molecule has 9 heavy (non-hydrogen) atoms. The lowest BCUT2D eigenvalue weighted by Crippen LogP contribution is -2.27. The van der Waals surface area contributed by atoms with Crippen molar-refractivity contribution in [3.63, 3.8) is 0 Å². The molecule has 0 atom stereocenters. The monoisotopic (exact) mass is 131 g/mol. The Hall–Kier alpha value is -0.410. The highest BCUT2D eigenvalue weighted by atomic mass is 16.3. The third kappa shape index (κ3) is 5.46. The zero-order valence-electron chi connectivity index (χ0n) is 5.92. The van der Waals surface area contributed by atoms with Crippen molar-refractivity contribution in [2.24, 2.45) is 0 Å². The van der Waals surface area contributed by atoms with Crippen LogP contribution in [0.2, 0.25) is 0 Å². The van der Waals surface area contributed by atoms with E-state index in [0.29, 0.717) is 13.1 Å². The molecular weight excluding hydrogens is 118 g/mol. The SMILES string of the molecule is CC(=O)CN(C)CCO. The lowest BCUT2D eigenvalue weighted by Gasteiger charge is -2.11. The van der Waals surface area contributed by atoms with Crippen LogP contribution < -0.4 is 0 Å². The van der Waals surface area contributed by atoms with E-state index in [1.165, 1.54) is 6.92 Å². The summed E-state index contributed by atoms with van der Waals surface area (Å²) in [6.07, 6.45) is 0. The van der Waals surface area contributed by atoms with Crippen molar-refractivity contribution in [1.82, 2.24) is 4.90 Å². The first-order valence-electron chi connectivity index (χ1n) is 2.95. The quantitative estimate of drug-likeness (QED) is 0.559. The minimum absolute atomic E-state index is 0.115. The number of hydrogen-bond acceptors (Lipinski definition) is 3. The van der Waals surface area contributed by atoms with E-state index in [1.807, 2.05) is 0 Å². The molecular formula is C6H13NO2. The molecule has 0 aromatic heterocycles. The molecule has 1 N–H and O–H groups in total. The molecule has 3 nitrogen and oxygen atoms in total. The van der Waals surface area contributed by atoms with Gasteiger partial charge < -0.3 is 5.11 Å². The molecule has 0 saturated heterocycles. The van der Waals surface area contributed by atoms with Gasteiger partial charge in [-0.3, -0.25) is 9.69 Å². The molecule has 0 fully saturated rings. The Morgan fingerprint density at radius 1 is 1.67 bits per heavy atom. The molecule has 0 aromatic carbocycles. The van der Waals surface area contributed by atoms with E-state index in [4.69, 9.17) is 5.11 Å². The van der Waals surface area contributed by atoms with E-state index in [1.54, 1.807) is 11.9 Å². The number of aliphatic hydroxyl groups excluding tert-OH is 1. The number of carbonyl (C=O) groups is 1. The predicted octanol–water partition coefficient (Wildman–Crippen LogP) is -0.501. The standard InChI is InChI=1S/C6H13NO2/c1-6(9)5-7(2)3-4-8/h8H,3-5H2,1-2H3. The molecule has 54 valence electrons. The van der Waals surface area contributed by atoms with Gasteiger partial charge in [0.2, 0.25) is 0 Å². The molecule has 0 amide bonds. The number of rotatable bonds is 4. The fraction of sp³-hybridized carbons (Fsp3) is 0.833. The minimum atomic E-state index is 0.115. The molecule has 0 aliphatic heterocycles. The molecule has 0 aliphatic rings. The average Bonchev–Trinajstić information content (AvgIpc) is 1.63. The van der Waals surface area contributed by atoms with Crippen molar-refractivity contribution >= 4 is 5.78 Å². The number of Topliss-reactive ketones (excluding diaryl/α,β-unsaturated/α-hetero) is 1. The summed E-state index contributed by atoms with van der Waals surface area (Å²) in [5.74, 6) is 0.131. The third-order valence-electron chi connectivity index (χ3n) is 0.974. The second-order valence-electron chi connectivity index (χ2n) is 2.16. The van der Waals surface area contributed by atoms with Crippen LogP contribution in [0.5, 0.6) is 0 Å². The van der Waals surface area contributed by atoms with E-state index in [-0.39, 0.29) is 12.4 Å². The average molecular weight is 131 g/mol. The van der Waals surface area contributed by atoms with Crippen molar-refractivity contribution in [3.8, 4) is 0 Å².